The molecule has 0 radical (unpaired) electrons. The molecular formula is C17H27FN2O. The summed E-state index contributed by atoms with van der Waals surface area (Å²) in [5.41, 5.74) is 2.16. The third-order valence-corrected chi connectivity index (χ3v) is 4.25. The van der Waals surface area contributed by atoms with Crippen molar-refractivity contribution in [2.24, 2.45) is 5.92 Å². The van der Waals surface area contributed by atoms with Gasteiger partial charge in [0.1, 0.15) is 5.82 Å². The number of hydrogen-bond donors (Lipinski definition) is 1. The molecule has 1 fully saturated rings. The van der Waals surface area contributed by atoms with E-state index in [-0.39, 0.29) is 5.82 Å². The van der Waals surface area contributed by atoms with Crippen LogP contribution >= 0.6 is 0 Å². The Morgan fingerprint density at radius 3 is 2.81 bits per heavy atom. The van der Waals surface area contributed by atoms with Gasteiger partial charge in [0.15, 0.2) is 0 Å². The summed E-state index contributed by atoms with van der Waals surface area (Å²) in [7, 11) is 1.73. The number of rotatable bonds is 9. The molecule has 1 aromatic carbocycles. The van der Waals surface area contributed by atoms with Crippen LogP contribution in [0.15, 0.2) is 18.2 Å². The SMILES string of the molecule is CCNCc1cc(F)ccc1N(CCOC)C(C)C1CC1. The lowest BCUT2D eigenvalue weighted by atomic mass is 10.1. The predicted octanol–water partition coefficient (Wildman–Crippen LogP) is 3.19. The first-order valence-electron chi connectivity index (χ1n) is 7.92. The number of anilines is 1. The van der Waals surface area contributed by atoms with Crippen molar-refractivity contribution in [3.63, 3.8) is 0 Å². The van der Waals surface area contributed by atoms with Gasteiger partial charge in [0.25, 0.3) is 0 Å². The molecule has 4 heteroatoms. The fourth-order valence-corrected chi connectivity index (χ4v) is 2.80. The van der Waals surface area contributed by atoms with Gasteiger partial charge >= 0.3 is 0 Å². The predicted molar refractivity (Wildman–Crippen MR) is 85.2 cm³/mol. The minimum absolute atomic E-state index is 0.169. The fourth-order valence-electron chi connectivity index (χ4n) is 2.80. The van der Waals surface area contributed by atoms with Crippen LogP contribution in [0, 0.1) is 11.7 Å². The molecular weight excluding hydrogens is 267 g/mol. The molecule has 0 bridgehead atoms. The van der Waals surface area contributed by atoms with E-state index in [1.807, 2.05) is 6.07 Å². The summed E-state index contributed by atoms with van der Waals surface area (Å²) in [6.07, 6.45) is 2.60. The molecule has 1 saturated carbocycles. The maximum Gasteiger partial charge on any atom is 0.123 e. The molecule has 3 nitrogen and oxygen atoms in total. The second-order valence-corrected chi connectivity index (χ2v) is 5.82. The summed E-state index contributed by atoms with van der Waals surface area (Å²) < 4.78 is 18.8. The van der Waals surface area contributed by atoms with E-state index >= 15 is 0 Å². The van der Waals surface area contributed by atoms with Gasteiger partial charge in [0.05, 0.1) is 6.61 Å². The van der Waals surface area contributed by atoms with Crippen molar-refractivity contribution in [1.82, 2.24) is 5.32 Å². The van der Waals surface area contributed by atoms with Crippen molar-refractivity contribution in [3.8, 4) is 0 Å². The molecule has 1 aliphatic carbocycles. The molecule has 1 aromatic rings. The number of nitrogens with one attached hydrogen (secondary N) is 1. The molecule has 2 rings (SSSR count). The topological polar surface area (TPSA) is 24.5 Å². The van der Waals surface area contributed by atoms with Gasteiger partial charge < -0.3 is 15.0 Å². The van der Waals surface area contributed by atoms with E-state index in [4.69, 9.17) is 4.74 Å². The number of hydrogen-bond acceptors (Lipinski definition) is 3. The molecule has 0 amide bonds. The van der Waals surface area contributed by atoms with Crippen molar-refractivity contribution in [3.05, 3.63) is 29.6 Å². The summed E-state index contributed by atoms with van der Waals surface area (Å²) in [6, 6.07) is 5.60. The molecule has 0 heterocycles. The highest BCUT2D eigenvalue weighted by atomic mass is 19.1. The lowest BCUT2D eigenvalue weighted by Crippen LogP contribution is -2.38. The maximum atomic E-state index is 13.6. The maximum absolute atomic E-state index is 13.6. The van der Waals surface area contributed by atoms with E-state index in [1.54, 1.807) is 19.2 Å². The number of halogens is 1. The first-order chi connectivity index (χ1) is 10.2. The highest BCUT2D eigenvalue weighted by Crippen LogP contribution is 2.37. The van der Waals surface area contributed by atoms with Gasteiger partial charge in [-0.2, -0.15) is 0 Å². The van der Waals surface area contributed by atoms with E-state index in [2.05, 4.69) is 24.1 Å². The molecule has 1 aliphatic rings. The molecule has 0 spiro atoms. The second-order valence-electron chi connectivity index (χ2n) is 5.82. The average molecular weight is 294 g/mol. The van der Waals surface area contributed by atoms with Crippen molar-refractivity contribution in [1.29, 1.82) is 0 Å². The highest BCUT2D eigenvalue weighted by Gasteiger charge is 2.32. The van der Waals surface area contributed by atoms with Gasteiger partial charge in [-0.05, 0) is 56.0 Å². The Morgan fingerprint density at radius 2 is 2.19 bits per heavy atom. The van der Waals surface area contributed by atoms with Gasteiger partial charge in [-0.3, -0.25) is 0 Å². The third kappa shape index (κ3) is 4.42. The summed E-state index contributed by atoms with van der Waals surface area (Å²) in [5, 5.41) is 3.30. The van der Waals surface area contributed by atoms with Crippen molar-refractivity contribution in [2.75, 3.05) is 31.7 Å². The Morgan fingerprint density at radius 1 is 1.43 bits per heavy atom. The fraction of sp³-hybridized carbons (Fsp3) is 0.647. The first kappa shape index (κ1) is 16.2. The summed E-state index contributed by atoms with van der Waals surface area (Å²) >= 11 is 0. The van der Waals surface area contributed by atoms with Crippen LogP contribution in [-0.4, -0.2) is 32.8 Å². The van der Waals surface area contributed by atoms with E-state index in [9.17, 15) is 4.39 Å². The van der Waals surface area contributed by atoms with Crippen LogP contribution in [0.2, 0.25) is 0 Å². The van der Waals surface area contributed by atoms with Gasteiger partial charge in [0.2, 0.25) is 0 Å². The van der Waals surface area contributed by atoms with Crippen molar-refractivity contribution < 1.29 is 9.13 Å². The normalized spacial score (nSPS) is 16.0. The molecule has 21 heavy (non-hydrogen) atoms. The van der Waals surface area contributed by atoms with Crippen LogP contribution < -0.4 is 10.2 Å². The Hall–Kier alpha value is -1.13. The number of nitrogens with zero attached hydrogens (tertiary/aromatic N) is 1. The molecule has 1 N–H and O–H groups in total. The Bertz CT molecular complexity index is 448. The molecule has 0 aromatic heterocycles. The van der Waals surface area contributed by atoms with E-state index < -0.39 is 0 Å². The van der Waals surface area contributed by atoms with Gasteiger partial charge in [0, 0.05) is 31.9 Å². The van der Waals surface area contributed by atoms with E-state index in [1.165, 1.54) is 12.8 Å². The largest absolute Gasteiger partial charge is 0.383 e. The lowest BCUT2D eigenvalue weighted by Gasteiger charge is -2.33. The van der Waals surface area contributed by atoms with Gasteiger partial charge in [-0.1, -0.05) is 6.92 Å². The minimum atomic E-state index is -0.169. The standard InChI is InChI=1S/C17H27FN2O/c1-4-19-12-15-11-16(18)7-8-17(15)20(9-10-21-3)13(2)14-5-6-14/h7-8,11,13-14,19H,4-6,9-10,12H2,1-3H3. The van der Waals surface area contributed by atoms with Crippen molar-refractivity contribution >= 4 is 5.69 Å². The smallest absolute Gasteiger partial charge is 0.123 e. The third-order valence-electron chi connectivity index (χ3n) is 4.25. The average Bonchev–Trinajstić information content (AvgIpc) is 3.31. The Labute approximate surface area is 127 Å². The van der Waals surface area contributed by atoms with Crippen molar-refractivity contribution in [2.45, 2.75) is 39.3 Å². The quantitative estimate of drug-likeness (QED) is 0.757. The number of benzene rings is 1. The molecule has 118 valence electrons. The molecule has 1 unspecified atom stereocenters. The lowest BCUT2D eigenvalue weighted by molar-refractivity contribution is 0.202. The zero-order chi connectivity index (χ0) is 15.2. The van der Waals surface area contributed by atoms with Gasteiger partial charge in [-0.15, -0.1) is 0 Å². The number of methoxy groups -OCH3 is 1. The highest BCUT2D eigenvalue weighted by molar-refractivity contribution is 5.55. The van der Waals surface area contributed by atoms with Crippen LogP contribution in [0.1, 0.15) is 32.3 Å². The van der Waals surface area contributed by atoms with Gasteiger partial charge in [-0.25, -0.2) is 4.39 Å². The summed E-state index contributed by atoms with van der Waals surface area (Å²) in [4.78, 5) is 2.38. The van der Waals surface area contributed by atoms with Crippen LogP contribution in [0.4, 0.5) is 10.1 Å². The van der Waals surface area contributed by atoms with E-state index in [0.29, 0.717) is 19.2 Å². The monoisotopic (exact) mass is 294 g/mol. The summed E-state index contributed by atoms with van der Waals surface area (Å²) in [6.45, 7) is 7.45. The second kappa shape index (κ2) is 7.76. The van der Waals surface area contributed by atoms with Crippen LogP contribution in [0.25, 0.3) is 0 Å². The molecule has 0 saturated heterocycles. The van der Waals surface area contributed by atoms with Crippen LogP contribution in [-0.2, 0) is 11.3 Å². The Kier molecular flexibility index (Phi) is 6.00. The molecule has 1 atom stereocenters. The number of ether oxygens (including phenoxy) is 1. The minimum Gasteiger partial charge on any atom is -0.383 e. The van der Waals surface area contributed by atoms with E-state index in [0.717, 1.165) is 30.3 Å². The zero-order valence-electron chi connectivity index (χ0n) is 13.4. The van der Waals surface area contributed by atoms with Crippen LogP contribution in [0.5, 0.6) is 0 Å². The summed E-state index contributed by atoms with van der Waals surface area (Å²) in [5.74, 6) is 0.594. The first-order valence-corrected chi connectivity index (χ1v) is 7.92. The zero-order valence-corrected chi connectivity index (χ0v) is 13.4. The Balaban J connectivity index is 2.23. The molecule has 0 aliphatic heterocycles. The van der Waals surface area contributed by atoms with Crippen LogP contribution in [0.3, 0.4) is 0 Å².